The first-order chi connectivity index (χ1) is 9.63. The average molecular weight is 401 g/mol. The first-order valence-electron chi connectivity index (χ1n) is 6.80. The van der Waals surface area contributed by atoms with Gasteiger partial charge in [0.1, 0.15) is 12.4 Å². The van der Waals surface area contributed by atoms with Gasteiger partial charge in [-0.1, -0.05) is 19.9 Å². The van der Waals surface area contributed by atoms with Crippen LogP contribution in [0.3, 0.4) is 0 Å². The van der Waals surface area contributed by atoms with Gasteiger partial charge < -0.3 is 10.1 Å². The van der Waals surface area contributed by atoms with Crippen LogP contribution in [0.2, 0.25) is 0 Å². The largest absolute Gasteiger partial charge is 0.488 e. The lowest BCUT2D eigenvalue weighted by atomic mass is 10.2. The molecule has 0 saturated heterocycles. The molecule has 1 aromatic heterocycles. The minimum atomic E-state index is 0.648. The molecule has 2 rings (SSSR count). The van der Waals surface area contributed by atoms with Gasteiger partial charge in [-0.25, -0.2) is 0 Å². The second kappa shape index (κ2) is 8.00. The van der Waals surface area contributed by atoms with Gasteiger partial charge in [-0.3, -0.25) is 0 Å². The van der Waals surface area contributed by atoms with E-state index in [1.54, 1.807) is 0 Å². The number of hydrogen-bond acceptors (Lipinski definition) is 3. The highest BCUT2D eigenvalue weighted by molar-refractivity contribution is 14.1. The maximum atomic E-state index is 5.81. The van der Waals surface area contributed by atoms with E-state index in [4.69, 9.17) is 4.74 Å². The average Bonchev–Trinajstić information content (AvgIpc) is 2.84. The molecule has 1 aromatic carbocycles. The lowest BCUT2D eigenvalue weighted by molar-refractivity contribution is 0.309. The molecule has 20 heavy (non-hydrogen) atoms. The molecule has 0 amide bonds. The minimum Gasteiger partial charge on any atom is -0.488 e. The van der Waals surface area contributed by atoms with Crippen LogP contribution in [0.5, 0.6) is 5.75 Å². The molecule has 0 aliphatic rings. The van der Waals surface area contributed by atoms with Crippen LogP contribution < -0.4 is 10.1 Å². The van der Waals surface area contributed by atoms with Gasteiger partial charge in [0.25, 0.3) is 0 Å². The molecule has 2 aromatic rings. The molecule has 0 atom stereocenters. The second-order valence-corrected chi connectivity index (χ2v) is 7.64. The monoisotopic (exact) mass is 401 g/mol. The van der Waals surface area contributed by atoms with Crippen LogP contribution in [0.1, 0.15) is 23.6 Å². The highest BCUT2D eigenvalue weighted by Gasteiger charge is 2.02. The van der Waals surface area contributed by atoms with Gasteiger partial charge in [0.2, 0.25) is 0 Å². The van der Waals surface area contributed by atoms with E-state index in [1.165, 1.54) is 13.3 Å². The summed E-state index contributed by atoms with van der Waals surface area (Å²) < 4.78 is 7.01. The van der Waals surface area contributed by atoms with Gasteiger partial charge in [0.15, 0.2) is 0 Å². The highest BCUT2D eigenvalue weighted by atomic mass is 127. The van der Waals surface area contributed by atoms with Gasteiger partial charge >= 0.3 is 0 Å². The van der Waals surface area contributed by atoms with Gasteiger partial charge in [-0.15, -0.1) is 11.3 Å². The molecule has 0 unspecified atom stereocenters. The molecule has 2 nitrogen and oxygen atoms in total. The Morgan fingerprint density at radius 1 is 1.20 bits per heavy atom. The fourth-order valence-electron chi connectivity index (χ4n) is 1.79. The Morgan fingerprint density at radius 2 is 2.00 bits per heavy atom. The van der Waals surface area contributed by atoms with Crippen LogP contribution in [-0.4, -0.2) is 6.54 Å². The van der Waals surface area contributed by atoms with Crippen molar-refractivity contribution in [2.45, 2.75) is 27.0 Å². The third-order valence-corrected chi connectivity index (χ3v) is 4.48. The van der Waals surface area contributed by atoms with E-state index >= 15 is 0 Å². The molecular weight excluding hydrogens is 381 g/mol. The molecule has 0 aliphatic carbocycles. The van der Waals surface area contributed by atoms with Crippen LogP contribution in [0.15, 0.2) is 36.4 Å². The molecule has 1 heterocycles. The third-order valence-electron chi connectivity index (χ3n) is 2.75. The smallest absolute Gasteiger partial charge is 0.122 e. The fraction of sp³-hybridized carbons (Fsp3) is 0.375. The van der Waals surface area contributed by atoms with Crippen molar-refractivity contribution in [2.75, 3.05) is 6.54 Å². The van der Waals surface area contributed by atoms with Crippen LogP contribution in [0.25, 0.3) is 0 Å². The first kappa shape index (κ1) is 15.8. The van der Waals surface area contributed by atoms with Crippen LogP contribution in [-0.2, 0) is 13.2 Å². The summed E-state index contributed by atoms with van der Waals surface area (Å²) in [6.07, 6.45) is 0. The van der Waals surface area contributed by atoms with E-state index in [2.05, 4.69) is 66.0 Å². The number of thiophene rings is 1. The second-order valence-electron chi connectivity index (χ2n) is 5.14. The van der Waals surface area contributed by atoms with Crippen molar-refractivity contribution >= 4 is 33.9 Å². The van der Waals surface area contributed by atoms with Gasteiger partial charge in [0, 0.05) is 19.9 Å². The van der Waals surface area contributed by atoms with E-state index in [0.717, 1.165) is 18.8 Å². The molecule has 0 aliphatic heterocycles. The molecule has 0 saturated carbocycles. The number of hydrogen-bond donors (Lipinski definition) is 1. The zero-order chi connectivity index (χ0) is 14.4. The van der Waals surface area contributed by atoms with Crippen molar-refractivity contribution in [3.05, 3.63) is 49.7 Å². The van der Waals surface area contributed by atoms with E-state index < -0.39 is 0 Å². The normalized spacial score (nSPS) is 11.0. The molecular formula is C16H20INOS. The third kappa shape index (κ3) is 5.42. The van der Waals surface area contributed by atoms with E-state index in [1.807, 2.05) is 23.5 Å². The van der Waals surface area contributed by atoms with Crippen LogP contribution in [0, 0.1) is 9.49 Å². The minimum absolute atomic E-state index is 0.648. The molecule has 0 radical (unpaired) electrons. The maximum Gasteiger partial charge on any atom is 0.122 e. The molecule has 0 spiro atoms. The van der Waals surface area contributed by atoms with Crippen molar-refractivity contribution in [1.29, 1.82) is 0 Å². The predicted molar refractivity (Wildman–Crippen MR) is 94.4 cm³/mol. The van der Waals surface area contributed by atoms with Crippen molar-refractivity contribution in [3.8, 4) is 5.75 Å². The number of rotatable bonds is 7. The number of benzene rings is 1. The Balaban J connectivity index is 1.80. The Morgan fingerprint density at radius 3 is 2.75 bits per heavy atom. The van der Waals surface area contributed by atoms with Crippen LogP contribution in [0.4, 0.5) is 0 Å². The highest BCUT2D eigenvalue weighted by Crippen LogP contribution is 2.20. The molecule has 4 heteroatoms. The van der Waals surface area contributed by atoms with E-state index in [-0.39, 0.29) is 0 Å². The van der Waals surface area contributed by atoms with Crippen LogP contribution >= 0.6 is 33.9 Å². The molecule has 108 valence electrons. The lowest BCUT2D eigenvalue weighted by Gasteiger charge is -2.06. The maximum absolute atomic E-state index is 5.81. The summed E-state index contributed by atoms with van der Waals surface area (Å²) in [4.78, 5) is 2.64. The summed E-state index contributed by atoms with van der Waals surface area (Å²) in [6, 6.07) is 12.5. The number of ether oxygens (including phenoxy) is 1. The Kier molecular flexibility index (Phi) is 6.32. The summed E-state index contributed by atoms with van der Waals surface area (Å²) in [5.41, 5.74) is 0. The lowest BCUT2D eigenvalue weighted by Crippen LogP contribution is -2.18. The standard InChI is InChI=1S/C16H20INOS/c1-12(2)9-18-10-15-6-7-16(20-15)11-19-14-5-3-4-13(17)8-14/h3-8,12,18H,9-11H2,1-2H3. The summed E-state index contributed by atoms with van der Waals surface area (Å²) in [5.74, 6) is 1.63. The van der Waals surface area contributed by atoms with Crippen molar-refractivity contribution < 1.29 is 4.74 Å². The Bertz CT molecular complexity index is 539. The van der Waals surface area contributed by atoms with Gasteiger partial charge in [0.05, 0.1) is 0 Å². The topological polar surface area (TPSA) is 21.3 Å². The molecule has 0 fully saturated rings. The van der Waals surface area contributed by atoms with Gasteiger partial charge in [-0.05, 0) is 65.4 Å². The van der Waals surface area contributed by atoms with E-state index in [9.17, 15) is 0 Å². The zero-order valence-electron chi connectivity index (χ0n) is 11.9. The van der Waals surface area contributed by atoms with Crippen molar-refractivity contribution in [2.24, 2.45) is 5.92 Å². The Hall–Kier alpha value is -0.590. The fourth-order valence-corrected chi connectivity index (χ4v) is 3.21. The molecule has 0 bridgehead atoms. The quantitative estimate of drug-likeness (QED) is 0.681. The SMILES string of the molecule is CC(C)CNCc1ccc(COc2cccc(I)c2)s1. The summed E-state index contributed by atoms with van der Waals surface area (Å²) in [7, 11) is 0. The summed E-state index contributed by atoms with van der Waals surface area (Å²) >= 11 is 4.12. The molecule has 1 N–H and O–H groups in total. The number of nitrogens with one attached hydrogen (secondary N) is 1. The summed E-state index contributed by atoms with van der Waals surface area (Å²) in [6.45, 7) is 7.11. The summed E-state index contributed by atoms with van der Waals surface area (Å²) in [5, 5.41) is 3.46. The Labute approximate surface area is 138 Å². The zero-order valence-corrected chi connectivity index (χ0v) is 14.8. The van der Waals surface area contributed by atoms with Crippen molar-refractivity contribution in [3.63, 3.8) is 0 Å². The van der Waals surface area contributed by atoms with Crippen molar-refractivity contribution in [1.82, 2.24) is 5.32 Å². The van der Waals surface area contributed by atoms with Gasteiger partial charge in [-0.2, -0.15) is 0 Å². The predicted octanol–water partition coefficient (Wildman–Crippen LogP) is 4.68. The first-order valence-corrected chi connectivity index (χ1v) is 8.69. The van der Waals surface area contributed by atoms with E-state index in [0.29, 0.717) is 12.5 Å². The number of halogens is 1.